The second-order valence-electron chi connectivity index (χ2n) is 20.1. The van der Waals surface area contributed by atoms with Crippen LogP contribution in [0, 0.1) is 28.6 Å². The number of hydrogen-bond donors (Lipinski definition) is 5. The number of hydrogen-bond acceptors (Lipinski definition) is 13. The number of benzene rings is 2. The minimum Gasteiger partial charge on any atom is -0.460 e. The number of nitrogens with one attached hydrogen (secondary N) is 2. The molecule has 10 atom stereocenters. The molecule has 0 radical (unpaired) electrons. The topological polar surface area (TPSA) is 234 Å². The Balaban J connectivity index is 0.908. The fourth-order valence-corrected chi connectivity index (χ4v) is 11.2. The van der Waals surface area contributed by atoms with Crippen molar-refractivity contribution in [3.05, 3.63) is 95.9 Å². The van der Waals surface area contributed by atoms with Crippen LogP contribution in [0.3, 0.4) is 0 Å². The SMILES string of the molecule is C[C@@H]1C[C@H]2[C@@H]3CCC4=CC(=O)C=C[C@]4(C)[C@@]3(F)[C@@H](O)C[C@]2(C)[C@@]1(O)C(=O)COC(=O)CC[C@H](N)C(=O)OCc1ccc([C@@H](CNC(=O)OC(C)(C)C)C(=O)Nc2ccc3cnccc3c2)cc1. The van der Waals surface area contributed by atoms with E-state index in [0.717, 1.165) is 10.8 Å². The van der Waals surface area contributed by atoms with E-state index >= 15 is 4.39 Å². The van der Waals surface area contributed by atoms with E-state index in [1.165, 1.54) is 12.2 Å². The average Bonchev–Trinajstić information content (AvgIpc) is 3.48. The molecule has 67 heavy (non-hydrogen) atoms. The van der Waals surface area contributed by atoms with Gasteiger partial charge in [0, 0.05) is 53.2 Å². The fraction of sp³-hybridized carbons (Fsp3) is 0.510. The number of nitrogens with two attached hydrogens (primary N) is 1. The van der Waals surface area contributed by atoms with Crippen molar-refractivity contribution in [2.24, 2.45) is 34.3 Å². The number of pyridine rings is 1. The van der Waals surface area contributed by atoms with Gasteiger partial charge in [0.1, 0.15) is 23.9 Å². The number of nitrogens with zero attached hydrogens (tertiary/aromatic N) is 1. The molecule has 15 nitrogen and oxygen atoms in total. The molecule has 0 aliphatic heterocycles. The summed E-state index contributed by atoms with van der Waals surface area (Å²) >= 11 is 0. The number of halogens is 1. The van der Waals surface area contributed by atoms with Gasteiger partial charge in [0.25, 0.3) is 0 Å². The molecule has 0 unspecified atom stereocenters. The van der Waals surface area contributed by atoms with Crippen LogP contribution in [0.5, 0.6) is 0 Å². The van der Waals surface area contributed by atoms with Crippen LogP contribution in [0.4, 0.5) is 14.9 Å². The third kappa shape index (κ3) is 9.40. The monoisotopic (exact) mass is 924 g/mol. The van der Waals surface area contributed by atoms with E-state index in [4.69, 9.17) is 19.9 Å². The van der Waals surface area contributed by atoms with Gasteiger partial charge in [-0.3, -0.25) is 29.0 Å². The number of aliphatic hydroxyl groups excluding tert-OH is 1. The molecule has 3 fully saturated rings. The molecule has 1 heterocycles. The van der Waals surface area contributed by atoms with Crippen molar-refractivity contribution in [3.8, 4) is 0 Å². The minimum atomic E-state index is -2.13. The summed E-state index contributed by atoms with van der Waals surface area (Å²) in [6, 6.07) is 12.7. The third-order valence-electron chi connectivity index (χ3n) is 14.8. The van der Waals surface area contributed by atoms with Crippen LogP contribution in [0.15, 0.2) is 84.7 Å². The Morgan fingerprint density at radius 1 is 1.01 bits per heavy atom. The van der Waals surface area contributed by atoms with Gasteiger partial charge in [-0.1, -0.05) is 55.8 Å². The van der Waals surface area contributed by atoms with Crippen molar-refractivity contribution < 1.29 is 57.6 Å². The van der Waals surface area contributed by atoms with E-state index in [-0.39, 0.29) is 44.1 Å². The van der Waals surface area contributed by atoms with E-state index in [9.17, 15) is 39.0 Å². The highest BCUT2D eigenvalue weighted by molar-refractivity contribution is 6.01. The van der Waals surface area contributed by atoms with E-state index in [1.54, 1.807) is 90.3 Å². The van der Waals surface area contributed by atoms with Gasteiger partial charge in [0.2, 0.25) is 11.7 Å². The smallest absolute Gasteiger partial charge is 0.407 e. The summed E-state index contributed by atoms with van der Waals surface area (Å²) in [5, 5.41) is 31.2. The van der Waals surface area contributed by atoms with Crippen LogP contribution >= 0.6 is 0 Å². The van der Waals surface area contributed by atoms with Crippen LogP contribution in [-0.2, 0) is 44.8 Å². The maximum Gasteiger partial charge on any atom is 0.407 e. The number of ketones is 2. The molecule has 358 valence electrons. The van der Waals surface area contributed by atoms with Gasteiger partial charge < -0.3 is 40.8 Å². The Morgan fingerprint density at radius 3 is 2.46 bits per heavy atom. The molecule has 6 N–H and O–H groups in total. The summed E-state index contributed by atoms with van der Waals surface area (Å²) < 4.78 is 33.6. The summed E-state index contributed by atoms with van der Waals surface area (Å²) in [6.07, 6.45) is 5.84. The van der Waals surface area contributed by atoms with Gasteiger partial charge in [-0.25, -0.2) is 9.18 Å². The zero-order valence-corrected chi connectivity index (χ0v) is 38.8. The molecular weight excluding hydrogens is 864 g/mol. The Hall–Kier alpha value is -5.84. The van der Waals surface area contributed by atoms with Crippen molar-refractivity contribution in [1.82, 2.24) is 10.3 Å². The zero-order valence-electron chi connectivity index (χ0n) is 38.8. The van der Waals surface area contributed by atoms with Gasteiger partial charge in [-0.05, 0) is 118 Å². The Bertz CT molecular complexity index is 2500. The number of alkyl carbamates (subject to hydrolysis) is 1. The number of ether oxygens (including phenoxy) is 3. The molecule has 2 amide bonds. The van der Waals surface area contributed by atoms with Crippen molar-refractivity contribution >= 4 is 52.0 Å². The maximum atomic E-state index is 17.5. The number of allylic oxidation sites excluding steroid dienone is 4. The van der Waals surface area contributed by atoms with Gasteiger partial charge in [0.15, 0.2) is 18.1 Å². The molecule has 1 aromatic heterocycles. The molecular formula is C51H61FN4O11. The lowest BCUT2D eigenvalue weighted by atomic mass is 9.44. The summed E-state index contributed by atoms with van der Waals surface area (Å²) in [6.45, 7) is 9.28. The fourth-order valence-electron chi connectivity index (χ4n) is 11.2. The quantitative estimate of drug-likeness (QED) is 0.0911. The molecule has 0 bridgehead atoms. The predicted octanol–water partition coefficient (Wildman–Crippen LogP) is 6.09. The van der Waals surface area contributed by atoms with Gasteiger partial charge >= 0.3 is 18.0 Å². The van der Waals surface area contributed by atoms with Crippen LogP contribution in [0.1, 0.15) is 97.1 Å². The standard InChI is InChI=1S/C51H61FN4O11/c1-29-21-39-38-14-12-34-23-36(57)17-19-48(34,5)50(38,52)41(58)24-49(39,6)51(29,64)42(59)28-65-43(60)16-15-40(53)45(62)66-27-30-7-9-31(10-8-30)37(26-55-46(63)67-47(2,3)4)44(61)56-35-13-11-33-25-54-20-18-32(33)22-35/h7-11,13,17-20,22-23,25,29,37-41,58,64H,12,14-16,21,24,26-28,53H2,1-6H3,(H,55,63)(H,56,61)/t29-,37-,38+,39+,40+,41+,48+,49+,50+,51+/m1/s1. The summed E-state index contributed by atoms with van der Waals surface area (Å²) in [5.41, 5.74) is 1.03. The Kier molecular flexibility index (Phi) is 13.7. The van der Waals surface area contributed by atoms with Crippen molar-refractivity contribution in [3.63, 3.8) is 0 Å². The number of amides is 2. The summed E-state index contributed by atoms with van der Waals surface area (Å²) in [5.74, 6) is -5.66. The van der Waals surface area contributed by atoms with Crippen molar-refractivity contribution in [1.29, 1.82) is 0 Å². The molecule has 2 aromatic carbocycles. The first-order valence-electron chi connectivity index (χ1n) is 22.8. The van der Waals surface area contributed by atoms with Crippen molar-refractivity contribution in [2.75, 3.05) is 18.5 Å². The number of aliphatic hydroxyl groups is 2. The second-order valence-corrected chi connectivity index (χ2v) is 20.1. The minimum absolute atomic E-state index is 0.0778. The molecule has 4 aliphatic carbocycles. The van der Waals surface area contributed by atoms with E-state index in [1.807, 2.05) is 18.2 Å². The lowest BCUT2D eigenvalue weighted by Crippen LogP contribution is -2.69. The normalized spacial score (nSPS) is 29.6. The predicted molar refractivity (Wildman–Crippen MR) is 245 cm³/mol. The van der Waals surface area contributed by atoms with E-state index in [0.29, 0.717) is 41.6 Å². The molecule has 16 heteroatoms. The number of aromatic nitrogens is 1. The number of carbonyl (C=O) groups excluding carboxylic acids is 6. The molecule has 0 saturated heterocycles. The van der Waals surface area contributed by atoms with Gasteiger partial charge in [-0.2, -0.15) is 0 Å². The molecule has 4 aliphatic rings. The Morgan fingerprint density at radius 2 is 1.75 bits per heavy atom. The lowest BCUT2D eigenvalue weighted by Gasteiger charge is -2.62. The third-order valence-corrected chi connectivity index (χ3v) is 14.8. The number of fused-ring (bicyclic) bond motifs is 6. The first-order chi connectivity index (χ1) is 31.5. The van der Waals surface area contributed by atoms with Crippen LogP contribution in [0.2, 0.25) is 0 Å². The molecule has 3 aromatic rings. The lowest BCUT2D eigenvalue weighted by molar-refractivity contribution is -0.220. The first kappa shape index (κ1) is 49.1. The molecule has 0 spiro atoms. The van der Waals surface area contributed by atoms with Gasteiger partial charge in [-0.15, -0.1) is 0 Å². The first-order valence-corrected chi connectivity index (χ1v) is 22.8. The van der Waals surface area contributed by atoms with E-state index < -0.39 is 93.9 Å². The van der Waals surface area contributed by atoms with Crippen LogP contribution < -0.4 is 16.4 Å². The Labute approximate surface area is 389 Å². The largest absolute Gasteiger partial charge is 0.460 e. The highest BCUT2D eigenvalue weighted by Crippen LogP contribution is 2.70. The number of anilines is 1. The second kappa shape index (κ2) is 18.7. The van der Waals surface area contributed by atoms with Crippen LogP contribution in [0.25, 0.3) is 10.8 Å². The number of esters is 2. The number of alkyl halides is 1. The summed E-state index contributed by atoms with van der Waals surface area (Å²) in [4.78, 5) is 82.2. The number of Topliss-reactive ketones (excluding diaryl/α,β-unsaturated/α-hetero) is 1. The molecule has 3 saturated carbocycles. The number of carbonyl (C=O) groups is 6. The molecule has 7 rings (SSSR count). The van der Waals surface area contributed by atoms with Crippen LogP contribution in [-0.4, -0.2) is 92.9 Å². The highest BCUT2D eigenvalue weighted by atomic mass is 19.1. The zero-order chi connectivity index (χ0) is 48.7. The van der Waals surface area contributed by atoms with Gasteiger partial charge in [0.05, 0.1) is 12.0 Å². The number of rotatable bonds is 14. The maximum absolute atomic E-state index is 17.5. The summed E-state index contributed by atoms with van der Waals surface area (Å²) in [7, 11) is 0. The average molecular weight is 925 g/mol. The highest BCUT2D eigenvalue weighted by Gasteiger charge is 2.75. The van der Waals surface area contributed by atoms with Crippen molar-refractivity contribution in [2.45, 2.75) is 122 Å². The van der Waals surface area contributed by atoms with E-state index in [2.05, 4.69) is 15.6 Å².